The Balaban J connectivity index is 1.89. The summed E-state index contributed by atoms with van der Waals surface area (Å²) in [5, 5.41) is 14.4. The van der Waals surface area contributed by atoms with Gasteiger partial charge in [-0.1, -0.05) is 6.07 Å². The third-order valence-corrected chi connectivity index (χ3v) is 4.06. The second-order valence-corrected chi connectivity index (χ2v) is 5.61. The van der Waals surface area contributed by atoms with E-state index in [0.29, 0.717) is 17.7 Å². The van der Waals surface area contributed by atoms with E-state index in [0.717, 1.165) is 25.1 Å². The van der Waals surface area contributed by atoms with Crippen molar-refractivity contribution in [2.45, 2.75) is 25.8 Å². The van der Waals surface area contributed by atoms with Crippen LogP contribution in [0.2, 0.25) is 0 Å². The molecule has 21 heavy (non-hydrogen) atoms. The molecule has 1 N–H and O–H groups in total. The molecule has 0 heterocycles. The number of nitro groups is 1. The quantitative estimate of drug-likeness (QED) is 0.559. The number of nitro benzene ring substituents is 1. The third-order valence-electron chi connectivity index (χ3n) is 4.06. The average Bonchev–Trinajstić information content (AvgIpc) is 3.25. The minimum Gasteiger partial charge on any atom is -0.490 e. The Hall–Kier alpha value is -1.66. The largest absolute Gasteiger partial charge is 0.490 e. The summed E-state index contributed by atoms with van der Waals surface area (Å²) in [6.45, 7) is 2.34. The summed E-state index contributed by atoms with van der Waals surface area (Å²) in [5.74, 6) is 0.294. The molecule has 2 rings (SSSR count). The first-order valence-corrected chi connectivity index (χ1v) is 7.11. The molecule has 1 saturated carbocycles. The standard InChI is InChI=1S/C15H22N2O4/c1-20-8-7-15(5-6-15)11-16-10-12-3-4-14(21-2)13(9-12)17(18)19/h3-4,9,16H,5-8,10-11H2,1-2H3. The first kappa shape index (κ1) is 15.7. The van der Waals surface area contributed by atoms with Crippen molar-refractivity contribution in [2.75, 3.05) is 27.4 Å². The van der Waals surface area contributed by atoms with Gasteiger partial charge in [0.05, 0.1) is 12.0 Å². The molecule has 0 radical (unpaired) electrons. The molecule has 6 nitrogen and oxygen atoms in total. The van der Waals surface area contributed by atoms with Gasteiger partial charge in [0, 0.05) is 32.9 Å². The zero-order valence-electron chi connectivity index (χ0n) is 12.6. The molecule has 0 spiro atoms. The van der Waals surface area contributed by atoms with Crippen LogP contribution in [0.15, 0.2) is 18.2 Å². The molecule has 1 aliphatic rings. The number of benzene rings is 1. The molecule has 1 aromatic rings. The number of ether oxygens (including phenoxy) is 2. The monoisotopic (exact) mass is 294 g/mol. The fourth-order valence-electron chi connectivity index (χ4n) is 2.47. The molecule has 0 bridgehead atoms. The van der Waals surface area contributed by atoms with Crippen LogP contribution >= 0.6 is 0 Å². The number of hydrogen-bond acceptors (Lipinski definition) is 5. The minimum atomic E-state index is -0.413. The Labute approximate surface area is 124 Å². The summed E-state index contributed by atoms with van der Waals surface area (Å²) < 4.78 is 10.1. The van der Waals surface area contributed by atoms with Crippen molar-refractivity contribution in [1.82, 2.24) is 5.32 Å². The van der Waals surface area contributed by atoms with Gasteiger partial charge < -0.3 is 14.8 Å². The number of nitrogens with one attached hydrogen (secondary N) is 1. The van der Waals surface area contributed by atoms with Crippen molar-refractivity contribution in [2.24, 2.45) is 5.41 Å². The highest BCUT2D eigenvalue weighted by Gasteiger charge is 2.41. The van der Waals surface area contributed by atoms with Crippen LogP contribution < -0.4 is 10.1 Å². The minimum absolute atomic E-state index is 0.0114. The van der Waals surface area contributed by atoms with E-state index >= 15 is 0 Å². The van der Waals surface area contributed by atoms with E-state index in [1.807, 2.05) is 6.07 Å². The highest BCUT2D eigenvalue weighted by Crippen LogP contribution is 2.48. The maximum atomic E-state index is 11.0. The Morgan fingerprint density at radius 2 is 2.14 bits per heavy atom. The molecule has 1 aliphatic carbocycles. The van der Waals surface area contributed by atoms with Gasteiger partial charge >= 0.3 is 5.69 Å². The molecule has 1 aromatic carbocycles. The maximum absolute atomic E-state index is 11.0. The van der Waals surface area contributed by atoms with E-state index in [9.17, 15) is 10.1 Å². The van der Waals surface area contributed by atoms with Crippen molar-refractivity contribution < 1.29 is 14.4 Å². The molecule has 0 amide bonds. The number of rotatable bonds is 9. The SMILES string of the molecule is COCCC1(CNCc2ccc(OC)c([N+](=O)[O-])c2)CC1. The summed E-state index contributed by atoms with van der Waals surface area (Å²) in [6.07, 6.45) is 3.53. The van der Waals surface area contributed by atoms with Gasteiger partial charge in [0.1, 0.15) is 0 Å². The van der Waals surface area contributed by atoms with Crippen LogP contribution in [0, 0.1) is 15.5 Å². The van der Waals surface area contributed by atoms with Gasteiger partial charge in [-0.2, -0.15) is 0 Å². The molecule has 0 atom stereocenters. The first-order valence-electron chi connectivity index (χ1n) is 7.11. The molecule has 0 aromatic heterocycles. The van der Waals surface area contributed by atoms with Crippen LogP contribution in [-0.4, -0.2) is 32.3 Å². The van der Waals surface area contributed by atoms with E-state index in [1.54, 1.807) is 19.2 Å². The molecular formula is C15H22N2O4. The molecule has 6 heteroatoms. The third kappa shape index (κ3) is 4.15. The van der Waals surface area contributed by atoms with Crippen LogP contribution in [0.4, 0.5) is 5.69 Å². The predicted molar refractivity (Wildman–Crippen MR) is 79.5 cm³/mol. The van der Waals surface area contributed by atoms with E-state index in [1.165, 1.54) is 20.0 Å². The zero-order valence-corrected chi connectivity index (χ0v) is 12.6. The van der Waals surface area contributed by atoms with E-state index in [-0.39, 0.29) is 5.69 Å². The fraction of sp³-hybridized carbons (Fsp3) is 0.600. The normalized spacial score (nSPS) is 15.7. The second-order valence-electron chi connectivity index (χ2n) is 5.61. The Bertz CT molecular complexity index is 500. The number of hydrogen-bond donors (Lipinski definition) is 1. The predicted octanol–water partition coefficient (Wildman–Crippen LogP) is 2.51. The van der Waals surface area contributed by atoms with Gasteiger partial charge in [-0.15, -0.1) is 0 Å². The van der Waals surface area contributed by atoms with Gasteiger partial charge in [-0.3, -0.25) is 10.1 Å². The molecule has 1 fully saturated rings. The van der Waals surface area contributed by atoms with E-state index in [2.05, 4.69) is 5.32 Å². The summed E-state index contributed by atoms with van der Waals surface area (Å²) in [4.78, 5) is 10.6. The van der Waals surface area contributed by atoms with Crippen LogP contribution in [0.1, 0.15) is 24.8 Å². The average molecular weight is 294 g/mol. The molecule has 0 saturated heterocycles. The summed E-state index contributed by atoms with van der Waals surface area (Å²) in [7, 11) is 3.16. The van der Waals surface area contributed by atoms with Crippen molar-refractivity contribution >= 4 is 5.69 Å². The lowest BCUT2D eigenvalue weighted by Gasteiger charge is -2.15. The molecule has 0 unspecified atom stereocenters. The van der Waals surface area contributed by atoms with Gasteiger partial charge in [-0.25, -0.2) is 0 Å². The van der Waals surface area contributed by atoms with Crippen molar-refractivity contribution in [3.8, 4) is 5.75 Å². The van der Waals surface area contributed by atoms with Crippen molar-refractivity contribution in [3.05, 3.63) is 33.9 Å². The van der Waals surface area contributed by atoms with Crippen LogP contribution in [0.5, 0.6) is 5.75 Å². The van der Waals surface area contributed by atoms with E-state index < -0.39 is 4.92 Å². The van der Waals surface area contributed by atoms with Gasteiger partial charge in [0.15, 0.2) is 5.75 Å². The van der Waals surface area contributed by atoms with Gasteiger partial charge in [0.25, 0.3) is 0 Å². The Morgan fingerprint density at radius 1 is 1.38 bits per heavy atom. The number of nitrogens with zero attached hydrogens (tertiary/aromatic N) is 1. The zero-order chi connectivity index (χ0) is 15.3. The highest BCUT2D eigenvalue weighted by atomic mass is 16.6. The lowest BCUT2D eigenvalue weighted by molar-refractivity contribution is -0.385. The first-order chi connectivity index (χ1) is 10.1. The molecular weight excluding hydrogens is 272 g/mol. The van der Waals surface area contributed by atoms with Crippen molar-refractivity contribution in [3.63, 3.8) is 0 Å². The smallest absolute Gasteiger partial charge is 0.311 e. The van der Waals surface area contributed by atoms with Gasteiger partial charge in [0.2, 0.25) is 0 Å². The maximum Gasteiger partial charge on any atom is 0.311 e. The van der Waals surface area contributed by atoms with Crippen LogP contribution in [0.3, 0.4) is 0 Å². The summed E-state index contributed by atoms with van der Waals surface area (Å²) in [6, 6.07) is 5.07. The molecule has 0 aliphatic heterocycles. The number of methoxy groups -OCH3 is 2. The topological polar surface area (TPSA) is 73.6 Å². The second kappa shape index (κ2) is 6.87. The Kier molecular flexibility index (Phi) is 5.14. The molecule has 116 valence electrons. The van der Waals surface area contributed by atoms with Crippen LogP contribution in [-0.2, 0) is 11.3 Å². The lowest BCUT2D eigenvalue weighted by Crippen LogP contribution is -2.24. The van der Waals surface area contributed by atoms with Crippen LogP contribution in [0.25, 0.3) is 0 Å². The summed E-state index contributed by atoms with van der Waals surface area (Å²) in [5.41, 5.74) is 1.27. The van der Waals surface area contributed by atoms with Gasteiger partial charge in [-0.05, 0) is 36.3 Å². The summed E-state index contributed by atoms with van der Waals surface area (Å²) >= 11 is 0. The van der Waals surface area contributed by atoms with E-state index in [4.69, 9.17) is 9.47 Å². The Morgan fingerprint density at radius 3 is 2.71 bits per heavy atom. The highest BCUT2D eigenvalue weighted by molar-refractivity contribution is 5.48. The van der Waals surface area contributed by atoms with Crippen molar-refractivity contribution in [1.29, 1.82) is 0 Å². The lowest BCUT2D eigenvalue weighted by atomic mass is 10.0. The fourth-order valence-corrected chi connectivity index (χ4v) is 2.47.